The van der Waals surface area contributed by atoms with Crippen LogP contribution < -0.4 is 5.73 Å². The molecule has 0 fully saturated rings. The molecule has 1 aromatic heterocycles. The number of alkyl halides is 3. The van der Waals surface area contributed by atoms with E-state index in [0.29, 0.717) is 10.3 Å². The number of hydrogen-bond donors (Lipinski definition) is 1. The maximum atomic E-state index is 12.5. The minimum absolute atomic E-state index is 0.121. The number of rotatable bonds is 1. The molecule has 2 N–H and O–H groups in total. The van der Waals surface area contributed by atoms with Crippen molar-refractivity contribution >= 4 is 21.9 Å². The molecular weight excluding hydrogens is 299 g/mol. The van der Waals surface area contributed by atoms with Crippen molar-refractivity contribution in [3.05, 3.63) is 40.6 Å². The van der Waals surface area contributed by atoms with Gasteiger partial charge in [0.25, 0.3) is 0 Å². The molecule has 0 spiro atoms. The molecule has 0 radical (unpaired) electrons. The van der Waals surface area contributed by atoms with Gasteiger partial charge in [0.15, 0.2) is 0 Å². The Balaban J connectivity index is 2.50. The van der Waals surface area contributed by atoms with Crippen LogP contribution in [0.4, 0.5) is 19.1 Å². The third-order valence-corrected chi connectivity index (χ3v) is 2.54. The molecule has 90 valence electrons. The molecular formula is C10H7BrF3N3. The molecule has 7 heteroatoms. The lowest BCUT2D eigenvalue weighted by molar-refractivity contribution is -0.137. The van der Waals surface area contributed by atoms with Gasteiger partial charge in [0.05, 0.1) is 5.56 Å². The largest absolute Gasteiger partial charge is 0.416 e. The summed E-state index contributed by atoms with van der Waals surface area (Å²) < 4.78 is 39.4. The summed E-state index contributed by atoms with van der Waals surface area (Å²) in [7, 11) is 0. The Kier molecular flexibility index (Phi) is 2.86. The van der Waals surface area contributed by atoms with E-state index in [1.165, 1.54) is 22.9 Å². The maximum Gasteiger partial charge on any atom is 0.416 e. The van der Waals surface area contributed by atoms with Gasteiger partial charge < -0.3 is 5.73 Å². The molecule has 0 bridgehead atoms. The molecule has 0 atom stereocenters. The number of nitrogens with zero attached hydrogens (tertiary/aromatic N) is 2. The first-order valence-electron chi connectivity index (χ1n) is 4.56. The van der Waals surface area contributed by atoms with Crippen LogP contribution in [-0.2, 0) is 6.18 Å². The molecule has 17 heavy (non-hydrogen) atoms. The summed E-state index contributed by atoms with van der Waals surface area (Å²) in [5.74, 6) is 0.121. The molecule has 1 aromatic carbocycles. The Morgan fingerprint density at radius 2 is 2.00 bits per heavy atom. The first kappa shape index (κ1) is 12.0. The predicted molar refractivity (Wildman–Crippen MR) is 60.7 cm³/mol. The molecule has 0 aliphatic heterocycles. The van der Waals surface area contributed by atoms with Crippen LogP contribution >= 0.6 is 15.9 Å². The highest BCUT2D eigenvalue weighted by atomic mass is 79.9. The highest BCUT2D eigenvalue weighted by molar-refractivity contribution is 9.10. The molecule has 0 amide bonds. The highest BCUT2D eigenvalue weighted by Gasteiger charge is 2.30. The van der Waals surface area contributed by atoms with Gasteiger partial charge in [-0.25, -0.2) is 4.98 Å². The Morgan fingerprint density at radius 1 is 1.29 bits per heavy atom. The van der Waals surface area contributed by atoms with Crippen molar-refractivity contribution in [1.29, 1.82) is 0 Å². The fourth-order valence-corrected chi connectivity index (χ4v) is 1.79. The minimum atomic E-state index is -4.37. The average Bonchev–Trinajstić information content (AvgIpc) is 2.57. The summed E-state index contributed by atoms with van der Waals surface area (Å²) in [5, 5.41) is 0. The van der Waals surface area contributed by atoms with Crippen molar-refractivity contribution in [3.8, 4) is 5.69 Å². The second-order valence-electron chi connectivity index (χ2n) is 3.34. The summed E-state index contributed by atoms with van der Waals surface area (Å²) in [6.07, 6.45) is -2.87. The monoisotopic (exact) mass is 305 g/mol. The van der Waals surface area contributed by atoms with Crippen molar-refractivity contribution in [2.75, 3.05) is 5.73 Å². The lowest BCUT2D eigenvalue weighted by Gasteiger charge is -2.09. The molecule has 0 aliphatic rings. The van der Waals surface area contributed by atoms with Crippen molar-refractivity contribution in [2.45, 2.75) is 6.18 Å². The zero-order valence-corrected chi connectivity index (χ0v) is 9.96. The zero-order valence-electron chi connectivity index (χ0n) is 8.37. The first-order valence-corrected chi connectivity index (χ1v) is 5.35. The van der Waals surface area contributed by atoms with Crippen molar-refractivity contribution in [1.82, 2.24) is 9.55 Å². The Hall–Kier alpha value is -1.50. The molecule has 0 saturated carbocycles. The van der Waals surface area contributed by atoms with Gasteiger partial charge in [0.1, 0.15) is 4.60 Å². The minimum Gasteiger partial charge on any atom is -0.369 e. The molecule has 2 rings (SSSR count). The van der Waals surface area contributed by atoms with E-state index in [0.717, 1.165) is 12.1 Å². The van der Waals surface area contributed by atoms with Gasteiger partial charge in [0.2, 0.25) is 5.95 Å². The summed E-state index contributed by atoms with van der Waals surface area (Å²) in [6.45, 7) is 0. The summed E-state index contributed by atoms with van der Waals surface area (Å²) >= 11 is 3.10. The Labute approximate surface area is 103 Å². The summed E-state index contributed by atoms with van der Waals surface area (Å²) in [6, 6.07) is 4.88. The van der Waals surface area contributed by atoms with Crippen molar-refractivity contribution in [2.24, 2.45) is 0 Å². The second-order valence-corrected chi connectivity index (χ2v) is 4.15. The average molecular weight is 306 g/mol. The number of benzene rings is 1. The molecule has 0 unspecified atom stereocenters. The van der Waals surface area contributed by atoms with E-state index in [9.17, 15) is 13.2 Å². The first-order chi connectivity index (χ1) is 7.88. The summed E-state index contributed by atoms with van der Waals surface area (Å²) in [5.41, 5.74) is 5.17. The number of halogens is 4. The Bertz CT molecular complexity index is 548. The third kappa shape index (κ3) is 2.44. The van der Waals surface area contributed by atoms with Crippen LogP contribution in [-0.4, -0.2) is 9.55 Å². The van der Waals surface area contributed by atoms with E-state index in [2.05, 4.69) is 20.9 Å². The number of hydrogen-bond acceptors (Lipinski definition) is 2. The standard InChI is InChI=1S/C10H7BrF3N3/c11-8-5-17(9(15)16-8)7-3-1-2-6(4-7)10(12,13)14/h1-5H,(H2,15,16). The van der Waals surface area contributed by atoms with Crippen LogP contribution in [0.2, 0.25) is 0 Å². The van der Waals surface area contributed by atoms with E-state index in [-0.39, 0.29) is 5.95 Å². The van der Waals surface area contributed by atoms with Crippen LogP contribution in [0, 0.1) is 0 Å². The van der Waals surface area contributed by atoms with E-state index < -0.39 is 11.7 Å². The zero-order chi connectivity index (χ0) is 12.6. The summed E-state index contributed by atoms with van der Waals surface area (Å²) in [4.78, 5) is 3.86. The van der Waals surface area contributed by atoms with Gasteiger partial charge in [-0.05, 0) is 34.1 Å². The van der Waals surface area contributed by atoms with E-state index >= 15 is 0 Å². The van der Waals surface area contributed by atoms with Gasteiger partial charge in [-0.2, -0.15) is 13.2 Å². The van der Waals surface area contributed by atoms with Gasteiger partial charge in [-0.15, -0.1) is 0 Å². The SMILES string of the molecule is Nc1nc(Br)cn1-c1cccc(C(F)(F)F)c1. The van der Waals surface area contributed by atoms with Crippen LogP contribution in [0.1, 0.15) is 5.56 Å². The fourth-order valence-electron chi connectivity index (χ4n) is 1.40. The molecule has 0 aliphatic carbocycles. The van der Waals surface area contributed by atoms with Crippen LogP contribution in [0.25, 0.3) is 5.69 Å². The smallest absolute Gasteiger partial charge is 0.369 e. The van der Waals surface area contributed by atoms with Crippen molar-refractivity contribution < 1.29 is 13.2 Å². The van der Waals surface area contributed by atoms with Crippen LogP contribution in [0.5, 0.6) is 0 Å². The third-order valence-electron chi connectivity index (χ3n) is 2.16. The molecule has 3 nitrogen and oxygen atoms in total. The molecule has 0 saturated heterocycles. The number of nitrogen functional groups attached to an aromatic ring is 1. The highest BCUT2D eigenvalue weighted by Crippen LogP contribution is 2.30. The normalized spacial score (nSPS) is 11.8. The number of nitrogens with two attached hydrogens (primary N) is 1. The van der Waals surface area contributed by atoms with E-state index in [1.54, 1.807) is 0 Å². The molecule has 2 aromatic rings. The number of imidazole rings is 1. The predicted octanol–water partition coefficient (Wildman–Crippen LogP) is 3.24. The second kappa shape index (κ2) is 4.06. The lowest BCUT2D eigenvalue weighted by atomic mass is 10.2. The van der Waals surface area contributed by atoms with Crippen LogP contribution in [0.15, 0.2) is 35.1 Å². The van der Waals surface area contributed by atoms with Gasteiger partial charge in [0, 0.05) is 11.9 Å². The van der Waals surface area contributed by atoms with Gasteiger partial charge in [-0.3, -0.25) is 4.57 Å². The number of anilines is 1. The van der Waals surface area contributed by atoms with E-state index in [4.69, 9.17) is 5.73 Å². The molecule has 1 heterocycles. The lowest BCUT2D eigenvalue weighted by Crippen LogP contribution is -2.06. The van der Waals surface area contributed by atoms with Crippen molar-refractivity contribution in [3.63, 3.8) is 0 Å². The fraction of sp³-hybridized carbons (Fsp3) is 0.100. The number of aromatic nitrogens is 2. The van der Waals surface area contributed by atoms with Gasteiger partial charge >= 0.3 is 6.18 Å². The van der Waals surface area contributed by atoms with E-state index in [1.807, 2.05) is 0 Å². The van der Waals surface area contributed by atoms with Gasteiger partial charge in [-0.1, -0.05) is 6.07 Å². The maximum absolute atomic E-state index is 12.5. The van der Waals surface area contributed by atoms with Crippen LogP contribution in [0.3, 0.4) is 0 Å². The quantitative estimate of drug-likeness (QED) is 0.879. The topological polar surface area (TPSA) is 43.8 Å². The Morgan fingerprint density at radius 3 is 2.53 bits per heavy atom.